The van der Waals surface area contributed by atoms with Gasteiger partial charge in [-0.2, -0.15) is 5.10 Å². The fourth-order valence-electron chi connectivity index (χ4n) is 4.61. The number of esters is 1. The first kappa shape index (κ1) is 18.9. The molecule has 0 bridgehead atoms. The first-order chi connectivity index (χ1) is 13.0. The van der Waals surface area contributed by atoms with Crippen LogP contribution in [0.25, 0.3) is 0 Å². The lowest BCUT2D eigenvalue weighted by atomic mass is 9.85. The summed E-state index contributed by atoms with van der Waals surface area (Å²) in [5, 5.41) is 4.64. The molecule has 0 spiro atoms. The number of carbonyl (C=O) groups excluding carboxylic acids is 1. The molecule has 1 saturated heterocycles. The largest absolute Gasteiger partial charge is 0.426 e. The van der Waals surface area contributed by atoms with Crippen molar-refractivity contribution in [2.45, 2.75) is 52.0 Å². The van der Waals surface area contributed by atoms with E-state index in [1.54, 1.807) is 17.7 Å². The molecular weight excluding hydrogens is 382 g/mol. The van der Waals surface area contributed by atoms with Crippen LogP contribution in [0.5, 0.6) is 5.75 Å². The summed E-state index contributed by atoms with van der Waals surface area (Å²) in [5.41, 5.74) is 2.37. The van der Waals surface area contributed by atoms with Gasteiger partial charge in [-0.15, -0.1) is 0 Å². The van der Waals surface area contributed by atoms with Crippen molar-refractivity contribution >= 4 is 15.8 Å². The second kappa shape index (κ2) is 6.04. The van der Waals surface area contributed by atoms with Crippen molar-refractivity contribution in [1.29, 1.82) is 0 Å². The number of nitrogens with one attached hydrogen (secondary N) is 1. The zero-order chi connectivity index (χ0) is 20.4. The van der Waals surface area contributed by atoms with Gasteiger partial charge in [0.25, 0.3) is 5.56 Å². The minimum Gasteiger partial charge on any atom is -0.426 e. The molecule has 4 heterocycles. The first-order valence-corrected chi connectivity index (χ1v) is 11.0. The molecule has 1 fully saturated rings. The summed E-state index contributed by atoms with van der Waals surface area (Å²) in [6, 6.07) is 1.65. The Morgan fingerprint density at radius 1 is 1.25 bits per heavy atom. The van der Waals surface area contributed by atoms with E-state index in [1.165, 1.54) is 0 Å². The third-order valence-electron chi connectivity index (χ3n) is 5.80. The number of rotatable bonds is 2. The number of aryl methyl sites for hydroxylation is 2. The summed E-state index contributed by atoms with van der Waals surface area (Å²) in [6.07, 6.45) is 0.529. The van der Waals surface area contributed by atoms with Crippen LogP contribution < -0.4 is 10.3 Å². The van der Waals surface area contributed by atoms with Crippen molar-refractivity contribution in [1.82, 2.24) is 14.8 Å². The molecule has 9 heteroatoms. The van der Waals surface area contributed by atoms with Gasteiger partial charge in [0, 0.05) is 28.9 Å². The molecule has 0 amide bonds. The van der Waals surface area contributed by atoms with Gasteiger partial charge >= 0.3 is 5.97 Å². The maximum absolute atomic E-state index is 12.7. The molecule has 0 radical (unpaired) electrons. The molecule has 8 nitrogen and oxygen atoms in total. The van der Waals surface area contributed by atoms with Gasteiger partial charge in [0.1, 0.15) is 5.75 Å². The van der Waals surface area contributed by atoms with Gasteiger partial charge in [-0.1, -0.05) is 0 Å². The number of pyridine rings is 1. The highest BCUT2D eigenvalue weighted by atomic mass is 32.2. The van der Waals surface area contributed by atoms with Gasteiger partial charge in [-0.3, -0.25) is 14.3 Å². The summed E-state index contributed by atoms with van der Waals surface area (Å²) in [4.78, 5) is 27.7. The Hall–Kier alpha value is -2.42. The number of aromatic nitrogens is 3. The molecule has 1 N–H and O–H groups in total. The van der Waals surface area contributed by atoms with Crippen LogP contribution in [0.4, 0.5) is 0 Å². The third-order valence-corrected chi connectivity index (χ3v) is 7.69. The van der Waals surface area contributed by atoms with Gasteiger partial charge < -0.3 is 9.72 Å². The van der Waals surface area contributed by atoms with Crippen molar-refractivity contribution in [2.75, 3.05) is 11.5 Å². The topological polar surface area (TPSA) is 111 Å². The number of H-pyrrole nitrogens is 1. The zero-order valence-electron chi connectivity index (χ0n) is 16.3. The van der Waals surface area contributed by atoms with E-state index in [9.17, 15) is 18.0 Å². The number of carbonyl (C=O) groups is 1. The molecule has 2 atom stereocenters. The van der Waals surface area contributed by atoms with Gasteiger partial charge in [-0.25, -0.2) is 8.42 Å². The van der Waals surface area contributed by atoms with E-state index in [-0.39, 0.29) is 29.2 Å². The minimum absolute atomic E-state index is 0.0322. The molecule has 0 aliphatic carbocycles. The molecule has 150 valence electrons. The lowest BCUT2D eigenvalue weighted by Gasteiger charge is -2.27. The predicted molar refractivity (Wildman–Crippen MR) is 103 cm³/mol. The Morgan fingerprint density at radius 3 is 2.61 bits per heavy atom. The Balaban J connectivity index is 1.88. The molecule has 0 unspecified atom stereocenters. The average molecular weight is 405 g/mol. The van der Waals surface area contributed by atoms with Crippen molar-refractivity contribution in [3.63, 3.8) is 0 Å². The maximum Gasteiger partial charge on any atom is 0.312 e. The number of ether oxygens (including phenoxy) is 1. The van der Waals surface area contributed by atoms with Gasteiger partial charge in [-0.05, 0) is 34.1 Å². The van der Waals surface area contributed by atoms with Crippen LogP contribution in [0.1, 0.15) is 53.9 Å². The highest BCUT2D eigenvalue weighted by molar-refractivity contribution is 7.91. The summed E-state index contributed by atoms with van der Waals surface area (Å²) < 4.78 is 31.2. The second-order valence-electron chi connectivity index (χ2n) is 8.13. The van der Waals surface area contributed by atoms with Crippen molar-refractivity contribution in [3.05, 3.63) is 44.6 Å². The Morgan fingerprint density at radius 2 is 1.96 bits per heavy atom. The van der Waals surface area contributed by atoms with Gasteiger partial charge in [0.15, 0.2) is 9.84 Å². The highest BCUT2D eigenvalue weighted by Crippen LogP contribution is 2.41. The lowest BCUT2D eigenvalue weighted by Crippen LogP contribution is -2.33. The standard InChI is InChI=1S/C19H23N3O5S/c1-10-7-14-17(18(24)20-10)13(8-15(23)27-14)16-11(2)21-22(12(16)3)19(4)5-6-28(25,26)9-19/h7,13H,5-6,8-9H2,1-4H3,(H,20,24)/t13-,19-/m0/s1. The number of aromatic amines is 1. The number of hydrogen-bond donors (Lipinski definition) is 1. The molecule has 4 rings (SSSR count). The number of fused-ring (bicyclic) bond motifs is 1. The van der Waals surface area contributed by atoms with E-state index in [1.807, 2.05) is 20.8 Å². The van der Waals surface area contributed by atoms with Crippen molar-refractivity contribution in [3.8, 4) is 5.75 Å². The van der Waals surface area contributed by atoms with E-state index < -0.39 is 27.3 Å². The SMILES string of the molecule is Cc1cc2c(c(=O)[nH]1)[C@H](c1c(C)nn([C@@]3(C)CCS(=O)(=O)C3)c1C)CC(=O)O2. The van der Waals surface area contributed by atoms with Crippen molar-refractivity contribution < 1.29 is 17.9 Å². The molecular formula is C19H23N3O5S. The van der Waals surface area contributed by atoms with Crippen LogP contribution >= 0.6 is 0 Å². The maximum atomic E-state index is 12.7. The summed E-state index contributed by atoms with van der Waals surface area (Å²) >= 11 is 0. The van der Waals surface area contributed by atoms with E-state index >= 15 is 0 Å². The monoisotopic (exact) mass is 405 g/mol. The Labute approximate surface area is 162 Å². The predicted octanol–water partition coefficient (Wildman–Crippen LogP) is 1.47. The van der Waals surface area contributed by atoms with Crippen LogP contribution in [-0.2, 0) is 20.2 Å². The normalized spacial score (nSPS) is 26.1. The molecule has 0 aromatic carbocycles. The van der Waals surface area contributed by atoms with Crippen LogP contribution in [0.3, 0.4) is 0 Å². The smallest absolute Gasteiger partial charge is 0.312 e. The molecule has 2 aliphatic rings. The third kappa shape index (κ3) is 2.88. The zero-order valence-corrected chi connectivity index (χ0v) is 17.1. The minimum atomic E-state index is -3.11. The molecule has 0 saturated carbocycles. The average Bonchev–Trinajstić information content (AvgIpc) is 3.02. The van der Waals surface area contributed by atoms with Crippen LogP contribution in [0, 0.1) is 20.8 Å². The first-order valence-electron chi connectivity index (χ1n) is 9.22. The van der Waals surface area contributed by atoms with Crippen LogP contribution in [-0.4, -0.2) is 40.7 Å². The Kier molecular flexibility index (Phi) is 4.08. The summed E-state index contributed by atoms with van der Waals surface area (Å²) in [7, 11) is -3.11. The molecule has 28 heavy (non-hydrogen) atoms. The molecule has 2 aromatic rings. The van der Waals surface area contributed by atoms with Crippen LogP contribution in [0.15, 0.2) is 10.9 Å². The van der Waals surface area contributed by atoms with E-state index in [2.05, 4.69) is 10.1 Å². The fourth-order valence-corrected chi connectivity index (χ4v) is 6.72. The summed E-state index contributed by atoms with van der Waals surface area (Å²) in [5.74, 6) is -0.428. The quantitative estimate of drug-likeness (QED) is 0.758. The summed E-state index contributed by atoms with van der Waals surface area (Å²) in [6.45, 7) is 7.32. The van der Waals surface area contributed by atoms with E-state index in [0.717, 1.165) is 11.3 Å². The number of nitrogens with zero attached hydrogens (tertiary/aromatic N) is 2. The van der Waals surface area contributed by atoms with Crippen molar-refractivity contribution in [2.24, 2.45) is 0 Å². The highest BCUT2D eigenvalue weighted by Gasteiger charge is 2.43. The Bertz CT molecular complexity index is 1160. The van der Waals surface area contributed by atoms with Crippen LogP contribution in [0.2, 0.25) is 0 Å². The molecule has 2 aliphatic heterocycles. The second-order valence-corrected chi connectivity index (χ2v) is 10.3. The fraction of sp³-hybridized carbons (Fsp3) is 0.526. The molecule has 2 aromatic heterocycles. The van der Waals surface area contributed by atoms with E-state index in [0.29, 0.717) is 23.4 Å². The van der Waals surface area contributed by atoms with Gasteiger partial charge in [0.2, 0.25) is 0 Å². The van der Waals surface area contributed by atoms with Gasteiger partial charge in [0.05, 0.1) is 34.7 Å². The number of hydrogen-bond acceptors (Lipinski definition) is 6. The number of sulfone groups is 1. The lowest BCUT2D eigenvalue weighted by molar-refractivity contribution is -0.135. The van der Waals surface area contributed by atoms with E-state index in [4.69, 9.17) is 4.74 Å².